The molecule has 0 N–H and O–H groups in total. The van der Waals surface area contributed by atoms with E-state index >= 15 is 0 Å². The van der Waals surface area contributed by atoms with Gasteiger partial charge in [-0.05, 0) is 12.0 Å². The molecule has 5 heteroatoms. The van der Waals surface area contributed by atoms with Gasteiger partial charge >= 0.3 is 5.97 Å². The number of nitrogens with zero attached hydrogens (tertiary/aromatic N) is 1. The molecule has 0 saturated carbocycles. The molecule has 1 aromatic rings. The third-order valence-corrected chi connectivity index (χ3v) is 2.23. The SMILES string of the molecule is CC(C)COCCOC(=O)c1cnccc1Cl. The Balaban J connectivity index is 2.29. The molecule has 4 nitrogen and oxygen atoms in total. The van der Waals surface area contributed by atoms with E-state index in [1.54, 1.807) is 6.07 Å². The summed E-state index contributed by atoms with van der Waals surface area (Å²) in [6.45, 7) is 5.38. The maximum atomic E-state index is 11.6. The van der Waals surface area contributed by atoms with E-state index in [4.69, 9.17) is 21.1 Å². The minimum absolute atomic E-state index is 0.219. The van der Waals surface area contributed by atoms with Crippen LogP contribution in [0.4, 0.5) is 0 Å². The lowest BCUT2D eigenvalue weighted by Crippen LogP contribution is -2.13. The first-order chi connectivity index (χ1) is 8.11. The van der Waals surface area contributed by atoms with Gasteiger partial charge in [0, 0.05) is 19.0 Å². The van der Waals surface area contributed by atoms with Crippen LogP contribution in [-0.2, 0) is 9.47 Å². The zero-order valence-corrected chi connectivity index (χ0v) is 10.7. The quantitative estimate of drug-likeness (QED) is 0.581. The van der Waals surface area contributed by atoms with Crippen LogP contribution in [0.1, 0.15) is 24.2 Å². The summed E-state index contributed by atoms with van der Waals surface area (Å²) < 4.78 is 10.3. The molecule has 17 heavy (non-hydrogen) atoms. The first kappa shape index (κ1) is 13.9. The predicted octanol–water partition coefficient (Wildman–Crippen LogP) is 2.56. The number of pyridine rings is 1. The number of hydrogen-bond acceptors (Lipinski definition) is 4. The van der Waals surface area contributed by atoms with Crippen LogP contribution in [0.3, 0.4) is 0 Å². The topological polar surface area (TPSA) is 48.4 Å². The molecule has 0 fully saturated rings. The van der Waals surface area contributed by atoms with Gasteiger partial charge in [-0.25, -0.2) is 4.79 Å². The highest BCUT2D eigenvalue weighted by Crippen LogP contribution is 2.14. The molecule has 0 bridgehead atoms. The summed E-state index contributed by atoms with van der Waals surface area (Å²) in [6, 6.07) is 1.55. The van der Waals surface area contributed by atoms with Gasteiger partial charge < -0.3 is 9.47 Å². The molecule has 94 valence electrons. The first-order valence-corrected chi connectivity index (χ1v) is 5.83. The Bertz CT molecular complexity index is 369. The number of esters is 1. The Morgan fingerprint density at radius 1 is 1.47 bits per heavy atom. The second kappa shape index (κ2) is 7.25. The van der Waals surface area contributed by atoms with Crippen molar-refractivity contribution < 1.29 is 14.3 Å². The molecule has 0 radical (unpaired) electrons. The van der Waals surface area contributed by atoms with Crippen molar-refractivity contribution in [3.8, 4) is 0 Å². The molecule has 0 aromatic carbocycles. The number of carbonyl (C=O) groups excluding carboxylic acids is 1. The smallest absolute Gasteiger partial charge is 0.341 e. The summed E-state index contributed by atoms with van der Waals surface area (Å²) in [5, 5.41) is 0.341. The molecule has 0 spiro atoms. The van der Waals surface area contributed by atoms with Crippen LogP contribution in [-0.4, -0.2) is 30.8 Å². The minimum atomic E-state index is -0.476. The lowest BCUT2D eigenvalue weighted by atomic mass is 10.2. The molecule has 0 atom stereocenters. The third kappa shape index (κ3) is 5.15. The van der Waals surface area contributed by atoms with Crippen molar-refractivity contribution in [3.05, 3.63) is 29.0 Å². The molecule has 0 aliphatic carbocycles. The standard InChI is InChI=1S/C12H16ClNO3/c1-9(2)8-16-5-6-17-12(15)10-7-14-4-3-11(10)13/h3-4,7,9H,5-6,8H2,1-2H3. The van der Waals surface area contributed by atoms with Crippen molar-refractivity contribution in [2.45, 2.75) is 13.8 Å². The minimum Gasteiger partial charge on any atom is -0.460 e. The van der Waals surface area contributed by atoms with E-state index < -0.39 is 5.97 Å². The van der Waals surface area contributed by atoms with Gasteiger partial charge in [0.05, 0.1) is 17.2 Å². The van der Waals surface area contributed by atoms with E-state index in [1.165, 1.54) is 12.4 Å². The Morgan fingerprint density at radius 3 is 2.88 bits per heavy atom. The van der Waals surface area contributed by atoms with Gasteiger partial charge in [0.25, 0.3) is 0 Å². The van der Waals surface area contributed by atoms with Gasteiger partial charge in [-0.2, -0.15) is 0 Å². The number of carbonyl (C=O) groups is 1. The number of aromatic nitrogens is 1. The van der Waals surface area contributed by atoms with Crippen molar-refractivity contribution in [3.63, 3.8) is 0 Å². The number of hydrogen-bond donors (Lipinski definition) is 0. The van der Waals surface area contributed by atoms with Gasteiger partial charge in [0.2, 0.25) is 0 Å². The first-order valence-electron chi connectivity index (χ1n) is 5.45. The van der Waals surface area contributed by atoms with Crippen LogP contribution >= 0.6 is 11.6 Å². The predicted molar refractivity (Wildman–Crippen MR) is 65.2 cm³/mol. The average Bonchev–Trinajstić information content (AvgIpc) is 2.28. The van der Waals surface area contributed by atoms with E-state index in [0.29, 0.717) is 24.2 Å². The van der Waals surface area contributed by atoms with Crippen LogP contribution in [0.25, 0.3) is 0 Å². The maximum absolute atomic E-state index is 11.6. The molecule has 1 heterocycles. The van der Waals surface area contributed by atoms with Crippen LogP contribution in [0, 0.1) is 5.92 Å². The van der Waals surface area contributed by atoms with Gasteiger partial charge in [0.15, 0.2) is 0 Å². The summed E-state index contributed by atoms with van der Waals surface area (Å²) in [5.41, 5.74) is 0.276. The average molecular weight is 258 g/mol. The second-order valence-corrected chi connectivity index (χ2v) is 4.37. The van der Waals surface area contributed by atoms with Gasteiger partial charge in [-0.3, -0.25) is 4.98 Å². The molecule has 0 aliphatic heterocycles. The molecule has 0 amide bonds. The Labute approximate surface area is 106 Å². The van der Waals surface area contributed by atoms with Crippen LogP contribution in [0.5, 0.6) is 0 Å². The van der Waals surface area contributed by atoms with Crippen LogP contribution in [0.15, 0.2) is 18.5 Å². The molecular weight excluding hydrogens is 242 g/mol. The lowest BCUT2D eigenvalue weighted by Gasteiger charge is -2.08. The number of ether oxygens (including phenoxy) is 2. The molecule has 1 rings (SSSR count). The summed E-state index contributed by atoms with van der Waals surface area (Å²) in [4.78, 5) is 15.4. The highest BCUT2D eigenvalue weighted by Gasteiger charge is 2.11. The van der Waals surface area contributed by atoms with Crippen molar-refractivity contribution in [1.82, 2.24) is 4.98 Å². The molecule has 0 saturated heterocycles. The summed E-state index contributed by atoms with van der Waals surface area (Å²) in [7, 11) is 0. The fraction of sp³-hybridized carbons (Fsp3) is 0.500. The van der Waals surface area contributed by atoms with Crippen molar-refractivity contribution in [1.29, 1.82) is 0 Å². The van der Waals surface area contributed by atoms with E-state index in [9.17, 15) is 4.79 Å². The number of halogens is 1. The highest BCUT2D eigenvalue weighted by molar-refractivity contribution is 6.33. The zero-order chi connectivity index (χ0) is 12.7. The van der Waals surface area contributed by atoms with E-state index in [0.717, 1.165) is 0 Å². The molecule has 0 unspecified atom stereocenters. The Morgan fingerprint density at radius 2 is 2.24 bits per heavy atom. The summed E-state index contributed by atoms with van der Waals surface area (Å²) >= 11 is 5.83. The Kier molecular flexibility index (Phi) is 5.94. The Hall–Kier alpha value is -1.13. The van der Waals surface area contributed by atoms with Crippen LogP contribution in [0.2, 0.25) is 5.02 Å². The fourth-order valence-corrected chi connectivity index (χ4v) is 1.30. The van der Waals surface area contributed by atoms with E-state index in [-0.39, 0.29) is 12.2 Å². The third-order valence-electron chi connectivity index (χ3n) is 1.90. The highest BCUT2D eigenvalue weighted by atomic mass is 35.5. The summed E-state index contributed by atoms with van der Waals surface area (Å²) in [6.07, 6.45) is 2.91. The largest absolute Gasteiger partial charge is 0.460 e. The fourth-order valence-electron chi connectivity index (χ4n) is 1.12. The molecular formula is C12H16ClNO3. The molecule has 0 aliphatic rings. The number of rotatable bonds is 6. The zero-order valence-electron chi connectivity index (χ0n) is 9.98. The van der Waals surface area contributed by atoms with E-state index in [2.05, 4.69) is 18.8 Å². The maximum Gasteiger partial charge on any atom is 0.341 e. The van der Waals surface area contributed by atoms with E-state index in [1.807, 2.05) is 0 Å². The molecule has 1 aromatic heterocycles. The monoisotopic (exact) mass is 257 g/mol. The van der Waals surface area contributed by atoms with Gasteiger partial charge in [-0.15, -0.1) is 0 Å². The van der Waals surface area contributed by atoms with Gasteiger partial charge in [0.1, 0.15) is 6.61 Å². The second-order valence-electron chi connectivity index (χ2n) is 3.96. The summed E-state index contributed by atoms with van der Waals surface area (Å²) in [5.74, 6) is -0.00489. The van der Waals surface area contributed by atoms with Crippen molar-refractivity contribution in [2.24, 2.45) is 5.92 Å². The van der Waals surface area contributed by atoms with Crippen molar-refractivity contribution >= 4 is 17.6 Å². The normalized spacial score (nSPS) is 10.6. The van der Waals surface area contributed by atoms with Gasteiger partial charge in [-0.1, -0.05) is 25.4 Å². The van der Waals surface area contributed by atoms with Crippen molar-refractivity contribution in [2.75, 3.05) is 19.8 Å². The lowest BCUT2D eigenvalue weighted by molar-refractivity contribution is 0.0277. The van der Waals surface area contributed by atoms with Crippen LogP contribution < -0.4 is 0 Å².